The van der Waals surface area contributed by atoms with Crippen LogP contribution in [0.3, 0.4) is 0 Å². The minimum Gasteiger partial charge on any atom is -0.486 e. The second-order valence-corrected chi connectivity index (χ2v) is 6.69. The Labute approximate surface area is 126 Å². The molecule has 2 heterocycles. The van der Waals surface area contributed by atoms with Crippen LogP contribution in [0.4, 0.5) is 0 Å². The van der Waals surface area contributed by atoms with Gasteiger partial charge in [-0.3, -0.25) is 0 Å². The van der Waals surface area contributed by atoms with Gasteiger partial charge in [-0.1, -0.05) is 22.9 Å². The van der Waals surface area contributed by atoms with Crippen molar-refractivity contribution in [1.82, 2.24) is 5.32 Å². The molecule has 0 saturated carbocycles. The largest absolute Gasteiger partial charge is 0.486 e. The Morgan fingerprint density at radius 3 is 3.11 bits per heavy atom. The van der Waals surface area contributed by atoms with Gasteiger partial charge in [0.05, 0.1) is 0 Å². The van der Waals surface area contributed by atoms with Crippen molar-refractivity contribution in [3.05, 3.63) is 21.7 Å². The molecule has 2 aliphatic rings. The zero-order valence-corrected chi connectivity index (χ0v) is 13.4. The minimum atomic E-state index is 0.364. The van der Waals surface area contributed by atoms with Crippen molar-refractivity contribution in [3.8, 4) is 11.5 Å². The Morgan fingerprint density at radius 1 is 1.42 bits per heavy atom. The summed E-state index contributed by atoms with van der Waals surface area (Å²) in [6.45, 7) is 4.41. The molecule has 3 nitrogen and oxygen atoms in total. The van der Waals surface area contributed by atoms with Crippen LogP contribution in [-0.2, 0) is 5.75 Å². The van der Waals surface area contributed by atoms with Gasteiger partial charge in [0.2, 0.25) is 0 Å². The highest BCUT2D eigenvalue weighted by Crippen LogP contribution is 2.46. The van der Waals surface area contributed by atoms with E-state index in [1.807, 2.05) is 11.8 Å². The van der Waals surface area contributed by atoms with E-state index < -0.39 is 0 Å². The summed E-state index contributed by atoms with van der Waals surface area (Å²) < 4.78 is 12.8. The molecular weight excluding hydrogens is 326 g/mol. The van der Waals surface area contributed by atoms with E-state index in [1.165, 1.54) is 16.9 Å². The Morgan fingerprint density at radius 2 is 2.26 bits per heavy atom. The average molecular weight is 344 g/mol. The lowest BCUT2D eigenvalue weighted by Gasteiger charge is -2.27. The fraction of sp³-hybridized carbons (Fsp3) is 0.571. The fourth-order valence-electron chi connectivity index (χ4n) is 2.70. The molecular formula is C14H18BrNO2S. The Balaban J connectivity index is 2.13. The van der Waals surface area contributed by atoms with Crippen molar-refractivity contribution >= 4 is 27.7 Å². The van der Waals surface area contributed by atoms with E-state index in [4.69, 9.17) is 9.47 Å². The molecule has 1 aromatic carbocycles. The fourth-order valence-corrected chi connectivity index (χ4v) is 4.51. The first-order chi connectivity index (χ1) is 9.31. The summed E-state index contributed by atoms with van der Waals surface area (Å²) in [6.07, 6.45) is 1.14. The molecule has 5 heteroatoms. The number of thioether (sulfide) groups is 1. The number of halogens is 1. The zero-order valence-electron chi connectivity index (χ0n) is 11.0. The molecule has 1 N–H and O–H groups in total. The van der Waals surface area contributed by atoms with E-state index in [2.05, 4.69) is 34.2 Å². The van der Waals surface area contributed by atoms with Gasteiger partial charge in [-0.05, 0) is 30.3 Å². The monoisotopic (exact) mass is 343 g/mol. The van der Waals surface area contributed by atoms with Crippen LogP contribution in [0, 0.1) is 0 Å². The Bertz CT molecular complexity index is 481. The van der Waals surface area contributed by atoms with Crippen LogP contribution in [-0.4, -0.2) is 25.5 Å². The van der Waals surface area contributed by atoms with Gasteiger partial charge >= 0.3 is 0 Å². The minimum absolute atomic E-state index is 0.364. The van der Waals surface area contributed by atoms with Gasteiger partial charge in [-0.25, -0.2) is 0 Å². The van der Waals surface area contributed by atoms with E-state index in [-0.39, 0.29) is 0 Å². The van der Waals surface area contributed by atoms with Crippen LogP contribution in [0.1, 0.15) is 30.5 Å². The summed E-state index contributed by atoms with van der Waals surface area (Å²) in [5, 5.41) is 3.59. The SMILES string of the molecule is CCNC1CCSCc2c(Br)cc3c(c21)OCCO3. The standard InChI is InChI=1S/C14H18BrNO2S/c1-2-16-11-3-6-19-8-9-10(15)7-12-14(13(9)11)18-5-4-17-12/h7,11,16H,2-6,8H2,1H3. The third-order valence-corrected chi connectivity index (χ3v) is 5.25. The predicted octanol–water partition coefficient (Wildman–Crippen LogP) is 3.51. The molecule has 1 aromatic rings. The van der Waals surface area contributed by atoms with E-state index in [1.54, 1.807) is 0 Å². The van der Waals surface area contributed by atoms with E-state index >= 15 is 0 Å². The number of fused-ring (bicyclic) bond motifs is 3. The summed E-state index contributed by atoms with van der Waals surface area (Å²) in [5.41, 5.74) is 2.66. The lowest BCUT2D eigenvalue weighted by molar-refractivity contribution is 0.168. The molecule has 1 unspecified atom stereocenters. The molecule has 0 fully saturated rings. The quantitative estimate of drug-likeness (QED) is 0.890. The number of hydrogen-bond donors (Lipinski definition) is 1. The van der Waals surface area contributed by atoms with Crippen molar-refractivity contribution in [3.63, 3.8) is 0 Å². The maximum absolute atomic E-state index is 5.91. The second kappa shape index (κ2) is 5.94. The maximum atomic E-state index is 5.91. The molecule has 104 valence electrons. The summed E-state index contributed by atoms with van der Waals surface area (Å²) in [6, 6.07) is 2.42. The van der Waals surface area contributed by atoms with Crippen molar-refractivity contribution in [2.24, 2.45) is 0 Å². The first kappa shape index (κ1) is 13.6. The van der Waals surface area contributed by atoms with Crippen molar-refractivity contribution in [2.75, 3.05) is 25.5 Å². The summed E-state index contributed by atoms with van der Waals surface area (Å²) in [5.74, 6) is 4.05. The Hall–Kier alpha value is -0.390. The highest BCUT2D eigenvalue weighted by atomic mass is 79.9. The lowest BCUT2D eigenvalue weighted by Crippen LogP contribution is -2.25. The number of benzene rings is 1. The van der Waals surface area contributed by atoms with Gasteiger partial charge in [-0.15, -0.1) is 0 Å². The van der Waals surface area contributed by atoms with Crippen molar-refractivity contribution < 1.29 is 9.47 Å². The van der Waals surface area contributed by atoms with Crippen LogP contribution in [0.25, 0.3) is 0 Å². The van der Waals surface area contributed by atoms with Gasteiger partial charge in [-0.2, -0.15) is 11.8 Å². The molecule has 0 aromatic heterocycles. The van der Waals surface area contributed by atoms with Gasteiger partial charge in [0.1, 0.15) is 13.2 Å². The molecule has 0 amide bonds. The molecule has 1 atom stereocenters. The summed E-state index contributed by atoms with van der Waals surface area (Å²) >= 11 is 5.68. The molecule has 0 aliphatic carbocycles. The van der Waals surface area contributed by atoms with Crippen molar-refractivity contribution in [2.45, 2.75) is 25.1 Å². The van der Waals surface area contributed by atoms with Gasteiger partial charge in [0, 0.05) is 21.8 Å². The van der Waals surface area contributed by atoms with Gasteiger partial charge in [0.25, 0.3) is 0 Å². The molecule has 0 spiro atoms. The first-order valence-electron chi connectivity index (χ1n) is 6.73. The first-order valence-corrected chi connectivity index (χ1v) is 8.68. The van der Waals surface area contributed by atoms with Crippen LogP contribution in [0.2, 0.25) is 0 Å². The third-order valence-electron chi connectivity index (χ3n) is 3.52. The van der Waals surface area contributed by atoms with Gasteiger partial charge < -0.3 is 14.8 Å². The Kier molecular flexibility index (Phi) is 4.24. The van der Waals surface area contributed by atoms with Crippen LogP contribution in [0.5, 0.6) is 11.5 Å². The molecule has 2 aliphatic heterocycles. The van der Waals surface area contributed by atoms with Crippen LogP contribution in [0.15, 0.2) is 10.5 Å². The van der Waals surface area contributed by atoms with Gasteiger partial charge in [0.15, 0.2) is 11.5 Å². The number of nitrogens with one attached hydrogen (secondary N) is 1. The van der Waals surface area contributed by atoms with Crippen molar-refractivity contribution in [1.29, 1.82) is 0 Å². The topological polar surface area (TPSA) is 30.5 Å². The predicted molar refractivity (Wildman–Crippen MR) is 82.3 cm³/mol. The third kappa shape index (κ3) is 2.60. The van der Waals surface area contributed by atoms with Crippen LogP contribution < -0.4 is 14.8 Å². The van der Waals surface area contributed by atoms with Crippen LogP contribution >= 0.6 is 27.7 Å². The number of hydrogen-bond acceptors (Lipinski definition) is 4. The number of rotatable bonds is 2. The summed E-state index contributed by atoms with van der Waals surface area (Å²) in [7, 11) is 0. The average Bonchev–Trinajstić information content (AvgIpc) is 2.63. The number of ether oxygens (including phenoxy) is 2. The normalized spacial score (nSPS) is 21.7. The van der Waals surface area contributed by atoms with E-state index in [0.717, 1.165) is 34.7 Å². The van der Waals surface area contributed by atoms with E-state index in [0.29, 0.717) is 19.3 Å². The maximum Gasteiger partial charge on any atom is 0.166 e. The zero-order chi connectivity index (χ0) is 13.2. The summed E-state index contributed by atoms with van der Waals surface area (Å²) in [4.78, 5) is 0. The highest BCUT2D eigenvalue weighted by Gasteiger charge is 2.28. The molecule has 0 saturated heterocycles. The van der Waals surface area contributed by atoms with E-state index in [9.17, 15) is 0 Å². The molecule has 0 radical (unpaired) electrons. The molecule has 0 bridgehead atoms. The smallest absolute Gasteiger partial charge is 0.166 e. The second-order valence-electron chi connectivity index (χ2n) is 4.73. The molecule has 3 rings (SSSR count). The lowest BCUT2D eigenvalue weighted by atomic mass is 9.97. The molecule has 19 heavy (non-hydrogen) atoms. The highest BCUT2D eigenvalue weighted by molar-refractivity contribution is 9.10.